The van der Waals surface area contributed by atoms with Gasteiger partial charge < -0.3 is 56.8 Å². The molecule has 1 aliphatic rings. The largest absolute Gasteiger partial charge is 0.379 e. The van der Waals surface area contributed by atoms with E-state index in [4.69, 9.17) is 56.8 Å². The summed E-state index contributed by atoms with van der Waals surface area (Å²) in [7, 11) is 0. The Kier molecular flexibility index (Phi) is 38.0. The van der Waals surface area contributed by atoms with Crippen molar-refractivity contribution in [1.29, 1.82) is 0 Å². The van der Waals surface area contributed by atoms with Gasteiger partial charge in [-0.1, -0.05) is 83.3 Å². The van der Waals surface area contributed by atoms with Crippen molar-refractivity contribution in [2.45, 2.75) is 77.6 Å². The maximum atomic E-state index is 12.3. The molecule has 1 aromatic carbocycles. The van der Waals surface area contributed by atoms with Crippen molar-refractivity contribution in [3.05, 3.63) is 35.4 Å². The predicted octanol–water partition coefficient (Wildman–Crippen LogP) is 5.79. The molecule has 0 aliphatic carbocycles. The molecule has 2 rings (SSSR count). The molecule has 0 bridgehead atoms. The van der Waals surface area contributed by atoms with Crippen molar-refractivity contribution in [3.8, 4) is 0 Å². The molecule has 2 amide bonds. The highest BCUT2D eigenvalue weighted by molar-refractivity contribution is 6.21. The third kappa shape index (κ3) is 30.8. The van der Waals surface area contributed by atoms with Crippen LogP contribution in [0.15, 0.2) is 24.3 Å². The number of carbonyl (C=O) groups is 2. The highest BCUT2D eigenvalue weighted by Crippen LogP contribution is 2.22. The van der Waals surface area contributed by atoms with Gasteiger partial charge >= 0.3 is 0 Å². The number of benzene rings is 1. The van der Waals surface area contributed by atoms with Gasteiger partial charge in [-0.25, -0.2) is 0 Å². The highest BCUT2D eigenvalue weighted by Gasteiger charge is 2.34. The highest BCUT2D eigenvalue weighted by atomic mass is 16.6. The maximum Gasteiger partial charge on any atom is 0.261 e. The van der Waals surface area contributed by atoms with Gasteiger partial charge in [-0.15, -0.1) is 0 Å². The summed E-state index contributed by atoms with van der Waals surface area (Å²) in [6.07, 6.45) is 14.8. The van der Waals surface area contributed by atoms with Gasteiger partial charge in [0.2, 0.25) is 0 Å². The quantitative estimate of drug-likeness (QED) is 0.0575. The smallest absolute Gasteiger partial charge is 0.261 e. The second-order valence-electron chi connectivity index (χ2n) is 14.2. The number of rotatable bonds is 48. The molecular formula is C45H79NO14. The normalized spacial score (nSPS) is 12.7. The van der Waals surface area contributed by atoms with Crippen LogP contribution in [0.2, 0.25) is 0 Å². The number of ether oxygens (including phenoxy) is 12. The zero-order valence-corrected chi connectivity index (χ0v) is 36.9. The first kappa shape index (κ1) is 54.0. The summed E-state index contributed by atoms with van der Waals surface area (Å²) in [6.45, 7) is 14.5. The molecule has 0 radical (unpaired) electrons. The number of carbonyl (C=O) groups excluding carboxylic acids is 2. The van der Waals surface area contributed by atoms with Gasteiger partial charge in [-0.3, -0.25) is 14.5 Å². The monoisotopic (exact) mass is 858 g/mol. The van der Waals surface area contributed by atoms with Crippen LogP contribution in [0.1, 0.15) is 98.3 Å². The molecule has 0 fully saturated rings. The Labute approximate surface area is 360 Å². The fraction of sp³-hybridized carbons (Fsp3) is 0.822. The van der Waals surface area contributed by atoms with Crippen molar-refractivity contribution in [1.82, 2.24) is 4.90 Å². The predicted molar refractivity (Wildman–Crippen MR) is 228 cm³/mol. The molecule has 0 N–H and O–H groups in total. The van der Waals surface area contributed by atoms with E-state index in [1.807, 2.05) is 0 Å². The summed E-state index contributed by atoms with van der Waals surface area (Å²) >= 11 is 0. The van der Waals surface area contributed by atoms with Crippen LogP contribution < -0.4 is 0 Å². The maximum absolute atomic E-state index is 12.3. The van der Waals surface area contributed by atoms with E-state index in [1.54, 1.807) is 24.3 Å². The molecule has 1 heterocycles. The molecule has 0 spiro atoms. The van der Waals surface area contributed by atoms with Crippen LogP contribution in [0, 0.1) is 0 Å². The van der Waals surface area contributed by atoms with Gasteiger partial charge in [0.15, 0.2) is 0 Å². The minimum Gasteiger partial charge on any atom is -0.379 e. The van der Waals surface area contributed by atoms with Crippen LogP contribution in [0.5, 0.6) is 0 Å². The number of unbranched alkanes of at least 4 members (excludes halogenated alkanes) is 10. The van der Waals surface area contributed by atoms with E-state index in [-0.39, 0.29) is 25.0 Å². The van der Waals surface area contributed by atoms with Crippen molar-refractivity contribution < 1.29 is 66.4 Å². The molecule has 0 saturated carbocycles. The summed E-state index contributed by atoms with van der Waals surface area (Å²) in [5.41, 5.74) is 0.885. The Hall–Kier alpha value is -2.12. The Morgan fingerprint density at radius 1 is 0.317 bits per heavy atom. The molecule has 60 heavy (non-hydrogen) atoms. The molecule has 15 heteroatoms. The summed E-state index contributed by atoms with van der Waals surface area (Å²) in [6, 6.07) is 6.83. The third-order valence-corrected chi connectivity index (χ3v) is 9.32. The summed E-state index contributed by atoms with van der Waals surface area (Å²) < 4.78 is 66.3. The van der Waals surface area contributed by atoms with Gasteiger partial charge in [0.05, 0.1) is 170 Å². The number of hydrogen-bond acceptors (Lipinski definition) is 14. The lowest BCUT2D eigenvalue weighted by molar-refractivity contribution is -0.0284. The topological polar surface area (TPSA) is 148 Å². The fourth-order valence-corrected chi connectivity index (χ4v) is 5.99. The van der Waals surface area contributed by atoms with E-state index in [0.717, 1.165) is 13.0 Å². The fourth-order valence-electron chi connectivity index (χ4n) is 5.99. The zero-order chi connectivity index (χ0) is 42.7. The van der Waals surface area contributed by atoms with Crippen LogP contribution >= 0.6 is 0 Å². The molecule has 0 saturated heterocycles. The lowest BCUT2D eigenvalue weighted by Gasteiger charge is -2.13. The second kappa shape index (κ2) is 42.2. The van der Waals surface area contributed by atoms with Gasteiger partial charge in [0.1, 0.15) is 0 Å². The first-order valence-electron chi connectivity index (χ1n) is 22.6. The van der Waals surface area contributed by atoms with E-state index < -0.39 is 0 Å². The first-order valence-corrected chi connectivity index (χ1v) is 22.6. The average molecular weight is 858 g/mol. The molecule has 15 nitrogen and oxygen atoms in total. The summed E-state index contributed by atoms with van der Waals surface area (Å²) in [5.74, 6) is -0.554. The minimum atomic E-state index is -0.277. The Bertz CT molecular complexity index is 1080. The Morgan fingerprint density at radius 2 is 0.550 bits per heavy atom. The molecule has 0 atom stereocenters. The van der Waals surface area contributed by atoms with Gasteiger partial charge in [-0.05, 0) is 18.6 Å². The van der Waals surface area contributed by atoms with Crippen molar-refractivity contribution >= 4 is 11.8 Å². The molecule has 348 valence electrons. The lowest BCUT2D eigenvalue weighted by Crippen LogP contribution is -2.33. The molecule has 1 aliphatic heterocycles. The third-order valence-electron chi connectivity index (χ3n) is 9.32. The number of amides is 2. The van der Waals surface area contributed by atoms with E-state index in [2.05, 4.69) is 6.92 Å². The molecule has 1 aromatic rings. The number of nitrogens with zero attached hydrogens (tertiary/aromatic N) is 1. The van der Waals surface area contributed by atoms with E-state index in [1.165, 1.54) is 69.1 Å². The standard InChI is InChI=1S/C45H79NO14/c1-2-3-4-5-6-7-8-9-10-11-14-18-49-20-22-51-24-26-53-28-30-55-32-34-57-36-38-59-40-41-60-39-37-58-35-33-56-31-29-54-27-25-52-23-21-50-19-17-46-44(47)42-15-12-13-16-43(42)45(46)48/h12-13,15-16H,2-11,14,17-41H2,1H3. The average Bonchev–Trinajstić information content (AvgIpc) is 3.50. The molecule has 0 aromatic heterocycles. The second-order valence-corrected chi connectivity index (χ2v) is 14.2. The van der Waals surface area contributed by atoms with E-state index in [0.29, 0.717) is 156 Å². The Morgan fingerprint density at radius 3 is 0.833 bits per heavy atom. The summed E-state index contributed by atoms with van der Waals surface area (Å²) in [5, 5.41) is 0. The summed E-state index contributed by atoms with van der Waals surface area (Å²) in [4.78, 5) is 25.9. The van der Waals surface area contributed by atoms with Crippen molar-refractivity contribution in [2.75, 3.05) is 165 Å². The van der Waals surface area contributed by atoms with Crippen LogP contribution in [-0.2, 0) is 56.8 Å². The van der Waals surface area contributed by atoms with Gasteiger partial charge in [0.25, 0.3) is 11.8 Å². The van der Waals surface area contributed by atoms with Crippen LogP contribution in [0.3, 0.4) is 0 Å². The van der Waals surface area contributed by atoms with Gasteiger partial charge in [-0.2, -0.15) is 0 Å². The first-order chi connectivity index (χ1) is 29.8. The van der Waals surface area contributed by atoms with Crippen molar-refractivity contribution in [2.24, 2.45) is 0 Å². The minimum absolute atomic E-state index is 0.214. The molecule has 0 unspecified atom stereocenters. The van der Waals surface area contributed by atoms with Crippen LogP contribution in [0.25, 0.3) is 0 Å². The number of fused-ring (bicyclic) bond motifs is 1. The number of imide groups is 1. The lowest BCUT2D eigenvalue weighted by atomic mass is 10.1. The van der Waals surface area contributed by atoms with Crippen molar-refractivity contribution in [3.63, 3.8) is 0 Å². The van der Waals surface area contributed by atoms with Gasteiger partial charge in [0, 0.05) is 6.61 Å². The van der Waals surface area contributed by atoms with Crippen LogP contribution in [-0.4, -0.2) is 182 Å². The van der Waals surface area contributed by atoms with E-state index in [9.17, 15) is 9.59 Å². The molecular weight excluding hydrogens is 778 g/mol. The van der Waals surface area contributed by atoms with E-state index >= 15 is 0 Å². The van der Waals surface area contributed by atoms with Crippen LogP contribution in [0.4, 0.5) is 0 Å². The SMILES string of the molecule is CCCCCCCCCCCCCOCCOCCOCCOCCOCCOCCOCCOCCOCCOCCOCCOCCN1C(=O)c2ccccc2C1=O. The zero-order valence-electron chi connectivity index (χ0n) is 36.9. The Balaban J connectivity index is 1.13. The number of hydrogen-bond donors (Lipinski definition) is 0.